The van der Waals surface area contributed by atoms with Gasteiger partial charge in [-0.3, -0.25) is 0 Å². The fourth-order valence-corrected chi connectivity index (χ4v) is 3.11. The number of ether oxygens (including phenoxy) is 1. The van der Waals surface area contributed by atoms with E-state index in [2.05, 4.69) is 10.6 Å². The highest BCUT2D eigenvalue weighted by molar-refractivity contribution is 6.00. The molecule has 0 spiro atoms. The molecule has 1 aliphatic rings. The van der Waals surface area contributed by atoms with Gasteiger partial charge in [-0.1, -0.05) is 24.3 Å². The van der Waals surface area contributed by atoms with E-state index in [9.17, 15) is 9.59 Å². The van der Waals surface area contributed by atoms with E-state index >= 15 is 0 Å². The van der Waals surface area contributed by atoms with E-state index in [0.717, 1.165) is 34.5 Å². The number of nitrogens with one attached hydrogen (secondary N) is 2. The molecule has 0 saturated heterocycles. The van der Waals surface area contributed by atoms with Crippen LogP contribution in [0.3, 0.4) is 0 Å². The molecule has 0 saturated carbocycles. The average molecular weight is 381 g/mol. The van der Waals surface area contributed by atoms with Crippen LogP contribution in [0.4, 0.5) is 21.0 Å². The number of benzene rings is 2. The maximum absolute atomic E-state index is 12.3. The number of hydrogen-bond donors (Lipinski definition) is 2. The summed E-state index contributed by atoms with van der Waals surface area (Å²) in [4.78, 5) is 26.3. The molecular weight excluding hydrogens is 354 g/mol. The molecule has 0 aliphatic carbocycles. The fraction of sp³-hybridized carbons (Fsp3) is 0.364. The predicted molar refractivity (Wildman–Crippen MR) is 111 cm³/mol. The van der Waals surface area contributed by atoms with Crippen molar-refractivity contribution in [3.05, 3.63) is 59.2 Å². The molecule has 1 heterocycles. The van der Waals surface area contributed by atoms with Gasteiger partial charge < -0.3 is 20.3 Å². The number of anilines is 2. The zero-order valence-corrected chi connectivity index (χ0v) is 16.8. The molecule has 6 heteroatoms. The van der Waals surface area contributed by atoms with Crippen LogP contribution in [0.25, 0.3) is 0 Å². The van der Waals surface area contributed by atoms with Gasteiger partial charge in [0.05, 0.1) is 0 Å². The zero-order valence-electron chi connectivity index (χ0n) is 16.8. The highest BCUT2D eigenvalue weighted by Crippen LogP contribution is 2.24. The summed E-state index contributed by atoms with van der Waals surface area (Å²) in [6.45, 7) is 8.65. The van der Waals surface area contributed by atoms with Crippen LogP contribution in [0.2, 0.25) is 0 Å². The van der Waals surface area contributed by atoms with Crippen LogP contribution < -0.4 is 10.6 Å². The standard InChI is InChI=1S/C22H27N3O3/c1-15-7-5-6-8-19(15)24-20(26)23-18-10-9-17-14-25(12-11-16(17)13-18)21(27)28-22(2,3)4/h5-10,13H,11-12,14H2,1-4H3,(H2,23,24,26). The minimum Gasteiger partial charge on any atom is -0.444 e. The van der Waals surface area contributed by atoms with E-state index in [1.165, 1.54) is 0 Å². The predicted octanol–water partition coefficient (Wildman–Crippen LogP) is 4.93. The highest BCUT2D eigenvalue weighted by Gasteiger charge is 2.25. The summed E-state index contributed by atoms with van der Waals surface area (Å²) in [6.07, 6.45) is 0.432. The monoisotopic (exact) mass is 381 g/mol. The van der Waals surface area contributed by atoms with Crippen LogP contribution in [0.1, 0.15) is 37.5 Å². The zero-order chi connectivity index (χ0) is 20.3. The van der Waals surface area contributed by atoms with Crippen molar-refractivity contribution in [2.45, 2.75) is 46.3 Å². The number of rotatable bonds is 2. The number of aryl methyl sites for hydroxylation is 1. The largest absolute Gasteiger partial charge is 0.444 e. The number of para-hydroxylation sites is 1. The third-order valence-corrected chi connectivity index (χ3v) is 4.52. The van der Waals surface area contributed by atoms with Gasteiger partial charge in [-0.15, -0.1) is 0 Å². The Kier molecular flexibility index (Phi) is 5.58. The maximum Gasteiger partial charge on any atom is 0.410 e. The van der Waals surface area contributed by atoms with E-state index in [-0.39, 0.29) is 12.1 Å². The Morgan fingerprint density at radius 2 is 1.79 bits per heavy atom. The first-order chi connectivity index (χ1) is 13.2. The lowest BCUT2D eigenvalue weighted by molar-refractivity contribution is 0.0224. The molecule has 0 unspecified atom stereocenters. The maximum atomic E-state index is 12.3. The van der Waals surface area contributed by atoms with Crippen LogP contribution in [-0.2, 0) is 17.7 Å². The summed E-state index contributed by atoms with van der Waals surface area (Å²) in [7, 11) is 0. The van der Waals surface area contributed by atoms with Crippen molar-refractivity contribution in [3.63, 3.8) is 0 Å². The first-order valence-electron chi connectivity index (χ1n) is 9.45. The molecular formula is C22H27N3O3. The Morgan fingerprint density at radius 3 is 2.50 bits per heavy atom. The smallest absolute Gasteiger partial charge is 0.410 e. The van der Waals surface area contributed by atoms with Gasteiger partial charge in [-0.25, -0.2) is 9.59 Å². The summed E-state index contributed by atoms with van der Waals surface area (Å²) < 4.78 is 5.46. The second-order valence-corrected chi connectivity index (χ2v) is 8.03. The van der Waals surface area contributed by atoms with Gasteiger partial charge in [0.15, 0.2) is 0 Å². The highest BCUT2D eigenvalue weighted by atomic mass is 16.6. The normalized spacial score (nSPS) is 13.5. The van der Waals surface area contributed by atoms with Gasteiger partial charge in [0.25, 0.3) is 0 Å². The van der Waals surface area contributed by atoms with E-state index in [1.54, 1.807) is 4.90 Å². The third kappa shape index (κ3) is 5.03. The lowest BCUT2D eigenvalue weighted by atomic mass is 9.99. The van der Waals surface area contributed by atoms with Gasteiger partial charge in [-0.05, 0) is 69.0 Å². The van der Waals surface area contributed by atoms with Crippen molar-refractivity contribution in [2.24, 2.45) is 0 Å². The molecule has 3 amide bonds. The Balaban J connectivity index is 1.63. The van der Waals surface area contributed by atoms with Crippen LogP contribution in [0.5, 0.6) is 0 Å². The molecule has 3 rings (SSSR count). The van der Waals surface area contributed by atoms with Crippen LogP contribution in [-0.4, -0.2) is 29.2 Å². The van der Waals surface area contributed by atoms with Crippen molar-refractivity contribution in [1.82, 2.24) is 4.90 Å². The number of carbonyl (C=O) groups is 2. The molecule has 6 nitrogen and oxygen atoms in total. The number of fused-ring (bicyclic) bond motifs is 1. The van der Waals surface area contributed by atoms with Crippen molar-refractivity contribution in [3.8, 4) is 0 Å². The minimum atomic E-state index is -0.504. The fourth-order valence-electron chi connectivity index (χ4n) is 3.11. The molecule has 0 fully saturated rings. The van der Waals surface area contributed by atoms with Crippen LogP contribution in [0.15, 0.2) is 42.5 Å². The lowest BCUT2D eigenvalue weighted by Crippen LogP contribution is -2.39. The van der Waals surface area contributed by atoms with Gasteiger partial charge in [0.1, 0.15) is 5.60 Å². The topological polar surface area (TPSA) is 70.7 Å². The van der Waals surface area contributed by atoms with E-state index in [0.29, 0.717) is 13.1 Å². The van der Waals surface area contributed by atoms with Gasteiger partial charge in [0.2, 0.25) is 0 Å². The lowest BCUT2D eigenvalue weighted by Gasteiger charge is -2.31. The first-order valence-corrected chi connectivity index (χ1v) is 9.45. The first kappa shape index (κ1) is 19.7. The Morgan fingerprint density at radius 1 is 1.04 bits per heavy atom. The van der Waals surface area contributed by atoms with Crippen molar-refractivity contribution < 1.29 is 14.3 Å². The molecule has 148 valence electrons. The Labute approximate surface area is 165 Å². The Hall–Kier alpha value is -3.02. The number of urea groups is 1. The van der Waals surface area contributed by atoms with Crippen LogP contribution >= 0.6 is 0 Å². The number of amides is 3. The quantitative estimate of drug-likeness (QED) is 0.775. The molecule has 2 aromatic carbocycles. The molecule has 0 radical (unpaired) electrons. The number of nitrogens with zero attached hydrogens (tertiary/aromatic N) is 1. The molecule has 28 heavy (non-hydrogen) atoms. The summed E-state index contributed by atoms with van der Waals surface area (Å²) in [5.74, 6) is 0. The molecule has 0 aromatic heterocycles. The summed E-state index contributed by atoms with van der Waals surface area (Å²) in [5.41, 5.74) is 4.22. The van der Waals surface area contributed by atoms with Crippen molar-refractivity contribution in [1.29, 1.82) is 0 Å². The van der Waals surface area contributed by atoms with Crippen LogP contribution in [0, 0.1) is 6.92 Å². The second kappa shape index (κ2) is 7.92. The molecule has 2 N–H and O–H groups in total. The molecule has 2 aromatic rings. The van der Waals surface area contributed by atoms with Gasteiger partial charge in [-0.2, -0.15) is 0 Å². The third-order valence-electron chi connectivity index (χ3n) is 4.52. The average Bonchev–Trinajstić information content (AvgIpc) is 2.61. The summed E-state index contributed by atoms with van der Waals surface area (Å²) >= 11 is 0. The van der Waals surface area contributed by atoms with E-state index in [1.807, 2.05) is 70.2 Å². The minimum absolute atomic E-state index is 0.277. The SMILES string of the molecule is Cc1ccccc1NC(=O)Nc1ccc2c(c1)CCN(C(=O)OC(C)(C)C)C2. The van der Waals surface area contributed by atoms with Crippen molar-refractivity contribution >= 4 is 23.5 Å². The summed E-state index contributed by atoms with van der Waals surface area (Å²) in [5, 5.41) is 5.74. The Bertz CT molecular complexity index is 887. The molecule has 0 atom stereocenters. The second-order valence-electron chi connectivity index (χ2n) is 8.03. The van der Waals surface area contributed by atoms with Gasteiger partial charge in [0, 0.05) is 24.5 Å². The summed E-state index contributed by atoms with van der Waals surface area (Å²) in [6, 6.07) is 13.1. The number of hydrogen-bond acceptors (Lipinski definition) is 3. The van der Waals surface area contributed by atoms with Gasteiger partial charge >= 0.3 is 12.1 Å². The van der Waals surface area contributed by atoms with Crippen molar-refractivity contribution in [2.75, 3.05) is 17.2 Å². The molecule has 0 bridgehead atoms. The number of carbonyl (C=O) groups excluding carboxylic acids is 2. The van der Waals surface area contributed by atoms with E-state index < -0.39 is 5.60 Å². The molecule has 1 aliphatic heterocycles. The van der Waals surface area contributed by atoms with E-state index in [4.69, 9.17) is 4.74 Å².